The van der Waals surface area contributed by atoms with Crippen LogP contribution in [-0.4, -0.2) is 17.5 Å². The summed E-state index contributed by atoms with van der Waals surface area (Å²) >= 11 is 0. The van der Waals surface area contributed by atoms with Gasteiger partial charge in [-0.05, 0) is 66.4 Å². The number of anilines is 1. The zero-order valence-corrected chi connectivity index (χ0v) is 19.1. The largest absolute Gasteiger partial charge is 0.322 e. The van der Waals surface area contributed by atoms with Gasteiger partial charge in [-0.25, -0.2) is 5.43 Å². The lowest BCUT2D eigenvalue weighted by molar-refractivity contribution is 0.0954. The Morgan fingerprint density at radius 1 is 0.647 bits per heavy atom. The standard InChI is InChI=1S/C29H25N3O2/c1-20-8-6-7-11-27(20)29(34)30-26-18-16-25(17-19-26)28(33)32-31-21(2)22-12-14-24(15-13-22)23-9-4-3-5-10-23/h3-19H,1-2H3,(H,30,34)(H,32,33). The minimum Gasteiger partial charge on any atom is -0.322 e. The molecule has 0 saturated carbocycles. The van der Waals surface area contributed by atoms with Crippen LogP contribution in [0.2, 0.25) is 0 Å². The molecular weight excluding hydrogens is 422 g/mol. The number of amides is 2. The van der Waals surface area contributed by atoms with Crippen LogP contribution in [0.5, 0.6) is 0 Å². The second kappa shape index (κ2) is 10.4. The van der Waals surface area contributed by atoms with Crippen LogP contribution in [-0.2, 0) is 0 Å². The molecule has 0 aliphatic rings. The first kappa shape index (κ1) is 22.7. The van der Waals surface area contributed by atoms with Crippen LogP contribution in [0.1, 0.15) is 38.8 Å². The van der Waals surface area contributed by atoms with Crippen LogP contribution in [0, 0.1) is 6.92 Å². The molecule has 0 aliphatic carbocycles. The molecule has 0 spiro atoms. The van der Waals surface area contributed by atoms with E-state index >= 15 is 0 Å². The van der Waals surface area contributed by atoms with E-state index in [1.54, 1.807) is 30.3 Å². The fourth-order valence-electron chi connectivity index (χ4n) is 3.53. The van der Waals surface area contributed by atoms with Crippen molar-refractivity contribution in [2.45, 2.75) is 13.8 Å². The summed E-state index contributed by atoms with van der Waals surface area (Å²) in [5.41, 5.74) is 9.08. The second-order valence-electron chi connectivity index (χ2n) is 7.93. The van der Waals surface area contributed by atoms with Crippen LogP contribution < -0.4 is 10.7 Å². The molecule has 2 amide bonds. The van der Waals surface area contributed by atoms with Gasteiger partial charge in [0.2, 0.25) is 0 Å². The van der Waals surface area contributed by atoms with E-state index in [9.17, 15) is 9.59 Å². The normalized spacial score (nSPS) is 11.1. The van der Waals surface area contributed by atoms with E-state index in [1.165, 1.54) is 0 Å². The van der Waals surface area contributed by atoms with Gasteiger partial charge >= 0.3 is 0 Å². The van der Waals surface area contributed by atoms with Crippen LogP contribution in [0.4, 0.5) is 5.69 Å². The highest BCUT2D eigenvalue weighted by Gasteiger charge is 2.10. The zero-order valence-electron chi connectivity index (χ0n) is 19.1. The Morgan fingerprint density at radius 3 is 1.91 bits per heavy atom. The van der Waals surface area contributed by atoms with Gasteiger partial charge in [0.1, 0.15) is 0 Å². The number of nitrogens with zero attached hydrogens (tertiary/aromatic N) is 1. The highest BCUT2D eigenvalue weighted by atomic mass is 16.2. The minimum absolute atomic E-state index is 0.186. The minimum atomic E-state index is -0.322. The Kier molecular flexibility index (Phi) is 6.94. The van der Waals surface area contributed by atoms with Crippen molar-refractivity contribution in [3.8, 4) is 11.1 Å². The predicted molar refractivity (Wildman–Crippen MR) is 137 cm³/mol. The van der Waals surface area contributed by atoms with Crippen molar-refractivity contribution < 1.29 is 9.59 Å². The van der Waals surface area contributed by atoms with Gasteiger partial charge in [0.15, 0.2) is 0 Å². The van der Waals surface area contributed by atoms with Crippen molar-refractivity contribution in [1.82, 2.24) is 5.43 Å². The van der Waals surface area contributed by atoms with Gasteiger partial charge in [0.05, 0.1) is 5.71 Å². The summed E-state index contributed by atoms with van der Waals surface area (Å²) in [6.07, 6.45) is 0. The van der Waals surface area contributed by atoms with Gasteiger partial charge < -0.3 is 5.32 Å². The fourth-order valence-corrected chi connectivity index (χ4v) is 3.53. The van der Waals surface area contributed by atoms with E-state index in [4.69, 9.17) is 0 Å². The summed E-state index contributed by atoms with van der Waals surface area (Å²) in [5.74, 6) is -0.508. The molecule has 168 valence electrons. The van der Waals surface area contributed by atoms with E-state index in [2.05, 4.69) is 28.0 Å². The molecule has 0 aromatic heterocycles. The van der Waals surface area contributed by atoms with Gasteiger partial charge in [0.25, 0.3) is 11.8 Å². The molecule has 2 N–H and O–H groups in total. The molecule has 0 heterocycles. The van der Waals surface area contributed by atoms with Gasteiger partial charge in [-0.1, -0.05) is 72.8 Å². The molecule has 5 heteroatoms. The Hall–Kier alpha value is -4.51. The van der Waals surface area contributed by atoms with E-state index in [1.807, 2.05) is 74.5 Å². The number of carbonyl (C=O) groups excluding carboxylic acids is 2. The van der Waals surface area contributed by atoms with Gasteiger partial charge in [-0.15, -0.1) is 0 Å². The molecule has 0 atom stereocenters. The van der Waals surface area contributed by atoms with E-state index in [-0.39, 0.29) is 11.8 Å². The highest BCUT2D eigenvalue weighted by molar-refractivity contribution is 6.05. The molecule has 4 aromatic rings. The first-order valence-electron chi connectivity index (χ1n) is 11.0. The first-order valence-corrected chi connectivity index (χ1v) is 11.0. The third kappa shape index (κ3) is 5.45. The third-order valence-corrected chi connectivity index (χ3v) is 5.53. The molecule has 4 rings (SSSR count). The molecule has 0 aliphatic heterocycles. The van der Waals surface area contributed by atoms with Crippen molar-refractivity contribution in [2.75, 3.05) is 5.32 Å². The molecule has 0 bridgehead atoms. The van der Waals surface area contributed by atoms with Crippen molar-refractivity contribution in [2.24, 2.45) is 5.10 Å². The maximum Gasteiger partial charge on any atom is 0.271 e. The summed E-state index contributed by atoms with van der Waals surface area (Å²) in [7, 11) is 0. The van der Waals surface area contributed by atoms with E-state index < -0.39 is 0 Å². The average Bonchev–Trinajstić information content (AvgIpc) is 2.88. The quantitative estimate of drug-likeness (QED) is 0.278. The molecule has 0 fully saturated rings. The highest BCUT2D eigenvalue weighted by Crippen LogP contribution is 2.19. The van der Waals surface area contributed by atoms with Gasteiger partial charge in [-0.2, -0.15) is 5.10 Å². The third-order valence-electron chi connectivity index (χ3n) is 5.53. The number of benzene rings is 4. The van der Waals surface area contributed by atoms with E-state index in [0.29, 0.717) is 22.5 Å². The Bertz CT molecular complexity index is 1330. The predicted octanol–water partition coefficient (Wildman–Crippen LogP) is 6.07. The van der Waals surface area contributed by atoms with E-state index in [0.717, 1.165) is 22.3 Å². The Morgan fingerprint density at radius 2 is 1.24 bits per heavy atom. The fraction of sp³-hybridized carbons (Fsp3) is 0.0690. The molecular formula is C29H25N3O2. The van der Waals surface area contributed by atoms with Crippen LogP contribution >= 0.6 is 0 Å². The number of aryl methyl sites for hydroxylation is 1. The number of rotatable bonds is 6. The van der Waals surface area contributed by atoms with Crippen molar-refractivity contribution in [3.63, 3.8) is 0 Å². The monoisotopic (exact) mass is 447 g/mol. The molecule has 0 radical (unpaired) electrons. The molecule has 4 aromatic carbocycles. The summed E-state index contributed by atoms with van der Waals surface area (Å²) < 4.78 is 0. The number of hydrogen-bond acceptors (Lipinski definition) is 3. The maximum atomic E-state index is 12.5. The molecule has 0 unspecified atom stereocenters. The Balaban J connectivity index is 1.37. The van der Waals surface area contributed by atoms with Crippen molar-refractivity contribution in [1.29, 1.82) is 0 Å². The average molecular weight is 448 g/mol. The number of carbonyl (C=O) groups is 2. The lowest BCUT2D eigenvalue weighted by atomic mass is 10.0. The second-order valence-corrected chi connectivity index (χ2v) is 7.93. The molecule has 0 saturated heterocycles. The number of nitrogens with one attached hydrogen (secondary N) is 2. The lowest BCUT2D eigenvalue weighted by Crippen LogP contribution is -2.19. The topological polar surface area (TPSA) is 70.6 Å². The number of hydrogen-bond donors (Lipinski definition) is 2. The molecule has 5 nitrogen and oxygen atoms in total. The summed E-state index contributed by atoms with van der Waals surface area (Å²) in [5, 5.41) is 7.10. The smallest absolute Gasteiger partial charge is 0.271 e. The zero-order chi connectivity index (χ0) is 23.9. The number of hydrazone groups is 1. The van der Waals surface area contributed by atoms with Crippen molar-refractivity contribution in [3.05, 3.63) is 125 Å². The lowest BCUT2D eigenvalue weighted by Gasteiger charge is -2.08. The summed E-state index contributed by atoms with van der Waals surface area (Å²) in [6, 6.07) is 32.3. The van der Waals surface area contributed by atoms with Gasteiger partial charge in [0, 0.05) is 16.8 Å². The van der Waals surface area contributed by atoms with Gasteiger partial charge in [-0.3, -0.25) is 9.59 Å². The summed E-state index contributed by atoms with van der Waals surface area (Å²) in [6.45, 7) is 3.74. The van der Waals surface area contributed by atoms with Crippen LogP contribution in [0.3, 0.4) is 0 Å². The van der Waals surface area contributed by atoms with Crippen molar-refractivity contribution >= 4 is 23.2 Å². The molecule has 34 heavy (non-hydrogen) atoms. The van der Waals surface area contributed by atoms with Crippen LogP contribution in [0.15, 0.2) is 108 Å². The first-order chi connectivity index (χ1) is 16.5. The maximum absolute atomic E-state index is 12.5. The van der Waals surface area contributed by atoms with Crippen LogP contribution in [0.25, 0.3) is 11.1 Å². The Labute approximate surface area is 199 Å². The summed E-state index contributed by atoms with van der Waals surface area (Å²) in [4.78, 5) is 25.0. The SMILES string of the molecule is CC(=NNC(=O)c1ccc(NC(=O)c2ccccc2C)cc1)c1ccc(-c2ccccc2)cc1.